The molecule has 0 fully saturated rings. The number of unbranched alkanes of at least 4 members (excludes halogenated alkanes) is 31. The van der Waals surface area contributed by atoms with Gasteiger partial charge >= 0.3 is 0 Å². The van der Waals surface area contributed by atoms with Crippen molar-refractivity contribution in [3.05, 3.63) is 0 Å². The van der Waals surface area contributed by atoms with E-state index in [4.69, 9.17) is 0 Å². The van der Waals surface area contributed by atoms with Crippen molar-refractivity contribution in [1.82, 2.24) is 9.80 Å². The van der Waals surface area contributed by atoms with E-state index < -0.39 is 0 Å². The molecule has 0 spiro atoms. The highest BCUT2D eigenvalue weighted by Gasteiger charge is 2.07. The molecule has 48 heavy (non-hydrogen) atoms. The van der Waals surface area contributed by atoms with E-state index in [1.54, 1.807) is 0 Å². The first-order chi connectivity index (χ1) is 23.8. The molecule has 0 saturated carbocycles. The van der Waals surface area contributed by atoms with Crippen molar-refractivity contribution in [2.45, 2.75) is 259 Å². The minimum atomic E-state index is 1.35. The topological polar surface area (TPSA) is 6.48 Å². The fourth-order valence-electron chi connectivity index (χ4n) is 7.57. The Labute approximate surface area is 307 Å². The van der Waals surface area contributed by atoms with E-state index >= 15 is 0 Å². The van der Waals surface area contributed by atoms with Crippen molar-refractivity contribution in [3.8, 4) is 0 Å². The molecule has 0 bridgehead atoms. The molecule has 0 aliphatic carbocycles. The minimum Gasteiger partial charge on any atom is -0.303 e. The Morgan fingerprint density at radius 3 is 0.438 bits per heavy atom. The molecule has 0 aromatic rings. The van der Waals surface area contributed by atoms with Gasteiger partial charge < -0.3 is 9.80 Å². The molecule has 0 rings (SSSR count). The predicted octanol–water partition coefficient (Wildman–Crippen LogP) is 15.7. The second kappa shape index (κ2) is 43.1. The standard InChI is InChI=1S/C46H96N2/c1-5-9-13-17-21-23-25-27-31-37-43-48(44-38-32-28-26-24-22-18-14-10-6-2)46-40-34-33-39-45-47(41-35-29-19-15-11-7-3)42-36-30-20-16-12-8-4/h5-46H2,1-4H3. The monoisotopic (exact) mass is 677 g/mol. The summed E-state index contributed by atoms with van der Waals surface area (Å²) in [5.74, 6) is 0. The first-order valence-corrected chi connectivity index (χ1v) is 23.2. The summed E-state index contributed by atoms with van der Waals surface area (Å²) in [6.07, 6.45) is 51.8. The number of hydrogen-bond acceptors (Lipinski definition) is 2. The van der Waals surface area contributed by atoms with Crippen LogP contribution in [0.15, 0.2) is 0 Å². The maximum atomic E-state index is 2.87. The summed E-state index contributed by atoms with van der Waals surface area (Å²) in [5, 5.41) is 0. The SMILES string of the molecule is CCCCCCCCCCCCN(CCCCCCCCCCCC)CCCCCCN(CCCCCCCC)CCCCCCCC. The molecule has 0 aromatic carbocycles. The molecule has 2 nitrogen and oxygen atoms in total. The second-order valence-electron chi connectivity index (χ2n) is 16.0. The number of rotatable bonds is 43. The lowest BCUT2D eigenvalue weighted by Crippen LogP contribution is -2.28. The third-order valence-corrected chi connectivity index (χ3v) is 11.0. The summed E-state index contributed by atoms with van der Waals surface area (Å²) in [4.78, 5) is 5.72. The quantitative estimate of drug-likeness (QED) is 0.0593. The zero-order valence-corrected chi connectivity index (χ0v) is 34.6. The Bertz CT molecular complexity index is 508. The fraction of sp³-hybridized carbons (Fsp3) is 1.00. The van der Waals surface area contributed by atoms with Crippen molar-refractivity contribution in [2.75, 3.05) is 39.3 Å². The number of hydrogen-bond donors (Lipinski definition) is 0. The molecule has 0 atom stereocenters. The lowest BCUT2D eigenvalue weighted by Gasteiger charge is -2.23. The third kappa shape index (κ3) is 38.7. The molecule has 0 aromatic heterocycles. The van der Waals surface area contributed by atoms with Crippen molar-refractivity contribution in [1.29, 1.82) is 0 Å². The number of nitrogens with zero attached hydrogens (tertiary/aromatic N) is 2. The fourth-order valence-corrected chi connectivity index (χ4v) is 7.57. The van der Waals surface area contributed by atoms with E-state index in [9.17, 15) is 0 Å². The molecule has 0 N–H and O–H groups in total. The van der Waals surface area contributed by atoms with Crippen molar-refractivity contribution in [3.63, 3.8) is 0 Å². The van der Waals surface area contributed by atoms with Crippen LogP contribution < -0.4 is 0 Å². The first-order valence-electron chi connectivity index (χ1n) is 23.2. The second-order valence-corrected chi connectivity index (χ2v) is 16.0. The van der Waals surface area contributed by atoms with Gasteiger partial charge in [0.15, 0.2) is 0 Å². The van der Waals surface area contributed by atoms with Gasteiger partial charge in [0.05, 0.1) is 0 Å². The van der Waals surface area contributed by atoms with Crippen LogP contribution in [0.3, 0.4) is 0 Å². The van der Waals surface area contributed by atoms with Crippen LogP contribution in [0.25, 0.3) is 0 Å². The normalized spacial score (nSPS) is 11.9. The summed E-state index contributed by atoms with van der Waals surface area (Å²) in [5.41, 5.74) is 0. The molecule has 0 unspecified atom stereocenters. The van der Waals surface area contributed by atoms with Gasteiger partial charge in [-0.1, -0.05) is 220 Å². The van der Waals surface area contributed by atoms with Crippen LogP contribution in [0.5, 0.6) is 0 Å². The maximum Gasteiger partial charge on any atom is -0.00187 e. The highest BCUT2D eigenvalue weighted by molar-refractivity contribution is 4.63. The average molecular weight is 677 g/mol. The molecular formula is C46H96N2. The van der Waals surface area contributed by atoms with Crippen molar-refractivity contribution < 1.29 is 0 Å². The van der Waals surface area contributed by atoms with Gasteiger partial charge in [0.1, 0.15) is 0 Å². The minimum absolute atomic E-state index is 1.35. The van der Waals surface area contributed by atoms with Gasteiger partial charge in [-0.2, -0.15) is 0 Å². The Balaban J connectivity index is 4.34. The lowest BCUT2D eigenvalue weighted by atomic mass is 10.1. The summed E-state index contributed by atoms with van der Waals surface area (Å²) in [6, 6.07) is 0. The van der Waals surface area contributed by atoms with Crippen LogP contribution >= 0.6 is 0 Å². The van der Waals surface area contributed by atoms with E-state index in [-0.39, 0.29) is 0 Å². The summed E-state index contributed by atoms with van der Waals surface area (Å²) in [7, 11) is 0. The van der Waals surface area contributed by atoms with Crippen LogP contribution in [-0.2, 0) is 0 Å². The van der Waals surface area contributed by atoms with Crippen molar-refractivity contribution in [2.24, 2.45) is 0 Å². The Kier molecular flexibility index (Phi) is 43.0. The van der Waals surface area contributed by atoms with Gasteiger partial charge in [-0.05, 0) is 77.8 Å². The van der Waals surface area contributed by atoms with Gasteiger partial charge in [0.25, 0.3) is 0 Å². The van der Waals surface area contributed by atoms with E-state index in [1.165, 1.54) is 270 Å². The molecule has 0 saturated heterocycles. The van der Waals surface area contributed by atoms with E-state index in [0.29, 0.717) is 0 Å². The predicted molar refractivity (Wildman–Crippen MR) is 222 cm³/mol. The maximum absolute atomic E-state index is 2.87. The van der Waals surface area contributed by atoms with Crippen LogP contribution in [0.1, 0.15) is 259 Å². The van der Waals surface area contributed by atoms with Gasteiger partial charge in [-0.3, -0.25) is 0 Å². The Morgan fingerprint density at radius 1 is 0.167 bits per heavy atom. The molecule has 2 heteroatoms. The summed E-state index contributed by atoms with van der Waals surface area (Å²) >= 11 is 0. The smallest absolute Gasteiger partial charge is 0.00187 e. The van der Waals surface area contributed by atoms with Crippen LogP contribution in [-0.4, -0.2) is 49.1 Å². The molecule has 0 aliphatic rings. The first kappa shape index (κ1) is 47.9. The lowest BCUT2D eigenvalue weighted by molar-refractivity contribution is 0.244. The van der Waals surface area contributed by atoms with Crippen LogP contribution in [0, 0.1) is 0 Å². The largest absolute Gasteiger partial charge is 0.303 e. The van der Waals surface area contributed by atoms with Crippen LogP contribution in [0.2, 0.25) is 0 Å². The van der Waals surface area contributed by atoms with E-state index in [1.807, 2.05) is 0 Å². The summed E-state index contributed by atoms with van der Waals surface area (Å²) < 4.78 is 0. The van der Waals surface area contributed by atoms with Gasteiger partial charge in [0, 0.05) is 0 Å². The average Bonchev–Trinajstić information content (AvgIpc) is 3.10. The zero-order valence-electron chi connectivity index (χ0n) is 34.6. The zero-order chi connectivity index (χ0) is 34.9. The van der Waals surface area contributed by atoms with Crippen molar-refractivity contribution >= 4 is 0 Å². The van der Waals surface area contributed by atoms with Crippen LogP contribution in [0.4, 0.5) is 0 Å². The Hall–Kier alpha value is -0.0800. The van der Waals surface area contributed by atoms with Gasteiger partial charge in [-0.25, -0.2) is 0 Å². The Morgan fingerprint density at radius 2 is 0.292 bits per heavy atom. The third-order valence-electron chi connectivity index (χ3n) is 11.0. The molecular weight excluding hydrogens is 581 g/mol. The highest BCUT2D eigenvalue weighted by Crippen LogP contribution is 2.15. The highest BCUT2D eigenvalue weighted by atomic mass is 15.1. The molecule has 290 valence electrons. The molecule has 0 amide bonds. The molecule has 0 heterocycles. The van der Waals surface area contributed by atoms with E-state index in [0.717, 1.165) is 0 Å². The van der Waals surface area contributed by atoms with Gasteiger partial charge in [0.2, 0.25) is 0 Å². The molecule has 0 radical (unpaired) electrons. The van der Waals surface area contributed by atoms with Gasteiger partial charge in [-0.15, -0.1) is 0 Å². The van der Waals surface area contributed by atoms with E-state index in [2.05, 4.69) is 37.5 Å². The summed E-state index contributed by atoms with van der Waals surface area (Å²) in [6.45, 7) is 17.4. The molecule has 0 aliphatic heterocycles.